The van der Waals surface area contributed by atoms with Gasteiger partial charge in [0.2, 0.25) is 5.91 Å². The molecule has 3 nitrogen and oxygen atoms in total. The molecule has 0 bridgehead atoms. The summed E-state index contributed by atoms with van der Waals surface area (Å²) in [6, 6.07) is 11.9. The molecule has 112 valence electrons. The van der Waals surface area contributed by atoms with Gasteiger partial charge in [0.05, 0.1) is 4.34 Å². The van der Waals surface area contributed by atoms with E-state index in [4.69, 9.17) is 11.6 Å². The second kappa shape index (κ2) is 6.81. The van der Waals surface area contributed by atoms with E-state index in [1.54, 1.807) is 6.08 Å². The summed E-state index contributed by atoms with van der Waals surface area (Å²) in [5.41, 5.74) is 2.34. The van der Waals surface area contributed by atoms with E-state index in [0.717, 1.165) is 21.2 Å². The summed E-state index contributed by atoms with van der Waals surface area (Å²) in [6.07, 6.45) is 6.11. The van der Waals surface area contributed by atoms with Crippen molar-refractivity contribution in [2.75, 3.05) is 6.54 Å². The molecule has 1 aromatic carbocycles. The van der Waals surface area contributed by atoms with Gasteiger partial charge in [0.25, 0.3) is 0 Å². The molecule has 0 aliphatic heterocycles. The van der Waals surface area contributed by atoms with Crippen molar-refractivity contribution in [3.05, 3.63) is 63.4 Å². The number of H-pyrrole nitrogens is 1. The van der Waals surface area contributed by atoms with Crippen molar-refractivity contribution in [2.45, 2.75) is 6.42 Å². The minimum atomic E-state index is -0.0932. The fourth-order valence-electron chi connectivity index (χ4n) is 2.29. The van der Waals surface area contributed by atoms with E-state index in [2.05, 4.69) is 16.4 Å². The fraction of sp³-hybridized carbons (Fsp3) is 0.118. The molecular formula is C17H15ClN2OS. The van der Waals surface area contributed by atoms with E-state index < -0.39 is 0 Å². The maximum Gasteiger partial charge on any atom is 0.244 e. The monoisotopic (exact) mass is 330 g/mol. The van der Waals surface area contributed by atoms with Gasteiger partial charge in [-0.25, -0.2) is 0 Å². The number of nitrogens with one attached hydrogen (secondary N) is 2. The van der Waals surface area contributed by atoms with Gasteiger partial charge in [-0.2, -0.15) is 0 Å². The van der Waals surface area contributed by atoms with Crippen LogP contribution in [0.3, 0.4) is 0 Å². The number of thiophene rings is 1. The van der Waals surface area contributed by atoms with Gasteiger partial charge in [-0.15, -0.1) is 11.3 Å². The zero-order valence-corrected chi connectivity index (χ0v) is 13.4. The van der Waals surface area contributed by atoms with E-state index in [9.17, 15) is 4.79 Å². The molecule has 5 heteroatoms. The van der Waals surface area contributed by atoms with Gasteiger partial charge in [0, 0.05) is 34.6 Å². The predicted octanol–water partition coefficient (Wildman–Crippen LogP) is 4.25. The Morgan fingerprint density at radius 3 is 2.95 bits per heavy atom. The number of carbonyl (C=O) groups excluding carboxylic acids is 1. The summed E-state index contributed by atoms with van der Waals surface area (Å²) in [4.78, 5) is 16.0. The SMILES string of the molecule is O=C(C=Cc1ccc(Cl)s1)NCCc1c[nH]c2ccccc12. The molecule has 0 atom stereocenters. The first-order chi connectivity index (χ1) is 10.7. The largest absolute Gasteiger partial charge is 0.361 e. The predicted molar refractivity (Wildman–Crippen MR) is 93.4 cm³/mol. The Morgan fingerprint density at radius 2 is 2.14 bits per heavy atom. The molecule has 3 rings (SSSR count). The van der Waals surface area contributed by atoms with Gasteiger partial charge in [0.15, 0.2) is 0 Å². The number of para-hydroxylation sites is 1. The van der Waals surface area contributed by atoms with E-state index in [0.29, 0.717) is 6.54 Å². The summed E-state index contributed by atoms with van der Waals surface area (Å²) in [6.45, 7) is 0.607. The third kappa shape index (κ3) is 3.59. The lowest BCUT2D eigenvalue weighted by Gasteiger charge is -2.01. The summed E-state index contributed by atoms with van der Waals surface area (Å²) in [7, 11) is 0. The van der Waals surface area contributed by atoms with Crippen LogP contribution >= 0.6 is 22.9 Å². The van der Waals surface area contributed by atoms with Crippen LogP contribution in [0.1, 0.15) is 10.4 Å². The van der Waals surface area contributed by atoms with E-state index in [1.165, 1.54) is 28.4 Å². The number of amides is 1. The minimum absolute atomic E-state index is 0.0932. The van der Waals surface area contributed by atoms with Crippen LogP contribution in [0, 0.1) is 0 Å². The lowest BCUT2D eigenvalue weighted by Crippen LogP contribution is -2.23. The maximum atomic E-state index is 11.8. The highest BCUT2D eigenvalue weighted by Crippen LogP contribution is 2.22. The Bertz CT molecular complexity index is 819. The van der Waals surface area contributed by atoms with Crippen LogP contribution in [0.2, 0.25) is 4.34 Å². The molecule has 2 heterocycles. The van der Waals surface area contributed by atoms with Crippen LogP contribution < -0.4 is 5.32 Å². The lowest BCUT2D eigenvalue weighted by molar-refractivity contribution is -0.116. The number of hydrogen-bond acceptors (Lipinski definition) is 2. The zero-order valence-electron chi connectivity index (χ0n) is 11.8. The first-order valence-electron chi connectivity index (χ1n) is 6.98. The van der Waals surface area contributed by atoms with Crippen LogP contribution in [-0.4, -0.2) is 17.4 Å². The van der Waals surface area contributed by atoms with Gasteiger partial charge in [0.1, 0.15) is 0 Å². The number of aromatic nitrogens is 1. The Hall–Kier alpha value is -2.04. The summed E-state index contributed by atoms with van der Waals surface area (Å²) < 4.78 is 0.722. The third-order valence-electron chi connectivity index (χ3n) is 3.36. The van der Waals surface area contributed by atoms with Crippen LogP contribution in [0.25, 0.3) is 17.0 Å². The fourth-order valence-corrected chi connectivity index (χ4v) is 3.26. The van der Waals surface area contributed by atoms with Gasteiger partial charge in [-0.3, -0.25) is 4.79 Å². The average molecular weight is 331 g/mol. The van der Waals surface area contributed by atoms with Gasteiger partial charge in [-0.1, -0.05) is 29.8 Å². The normalized spacial score (nSPS) is 11.3. The molecule has 0 saturated carbocycles. The Morgan fingerprint density at radius 1 is 1.27 bits per heavy atom. The Balaban J connectivity index is 1.52. The highest BCUT2D eigenvalue weighted by molar-refractivity contribution is 7.17. The van der Waals surface area contributed by atoms with Gasteiger partial charge in [-0.05, 0) is 36.3 Å². The van der Waals surface area contributed by atoms with Crippen molar-refractivity contribution < 1.29 is 4.79 Å². The molecule has 0 aliphatic carbocycles. The molecule has 1 amide bonds. The summed E-state index contributed by atoms with van der Waals surface area (Å²) in [5, 5.41) is 4.10. The number of benzene rings is 1. The molecular weight excluding hydrogens is 316 g/mol. The van der Waals surface area contributed by atoms with Crippen molar-refractivity contribution in [1.82, 2.24) is 10.3 Å². The number of aromatic amines is 1. The molecule has 2 aromatic heterocycles. The molecule has 0 spiro atoms. The van der Waals surface area contributed by atoms with Crippen molar-refractivity contribution in [1.29, 1.82) is 0 Å². The number of hydrogen-bond donors (Lipinski definition) is 2. The van der Waals surface area contributed by atoms with E-state index in [-0.39, 0.29) is 5.91 Å². The van der Waals surface area contributed by atoms with E-state index in [1.807, 2.05) is 36.5 Å². The van der Waals surface area contributed by atoms with Crippen LogP contribution in [-0.2, 0) is 11.2 Å². The number of rotatable bonds is 5. The molecule has 2 N–H and O–H groups in total. The summed E-state index contributed by atoms with van der Waals surface area (Å²) in [5.74, 6) is -0.0932. The first kappa shape index (κ1) is 14.9. The second-order valence-electron chi connectivity index (χ2n) is 4.88. The number of carbonyl (C=O) groups is 1. The van der Waals surface area contributed by atoms with Crippen LogP contribution in [0.15, 0.2) is 48.7 Å². The molecule has 0 aliphatic rings. The maximum absolute atomic E-state index is 11.8. The molecule has 0 saturated heterocycles. The molecule has 0 fully saturated rings. The summed E-state index contributed by atoms with van der Waals surface area (Å²) >= 11 is 7.29. The van der Waals surface area contributed by atoms with Crippen LogP contribution in [0.5, 0.6) is 0 Å². The second-order valence-corrected chi connectivity index (χ2v) is 6.62. The van der Waals surface area contributed by atoms with E-state index >= 15 is 0 Å². The smallest absolute Gasteiger partial charge is 0.244 e. The Labute approximate surface area is 137 Å². The van der Waals surface area contributed by atoms with Gasteiger partial charge >= 0.3 is 0 Å². The highest BCUT2D eigenvalue weighted by Gasteiger charge is 2.03. The van der Waals surface area contributed by atoms with Gasteiger partial charge < -0.3 is 10.3 Å². The van der Waals surface area contributed by atoms with Crippen molar-refractivity contribution in [3.63, 3.8) is 0 Å². The molecule has 0 radical (unpaired) electrons. The molecule has 0 unspecified atom stereocenters. The standard InChI is InChI=1S/C17H15ClN2OS/c18-16-7-5-13(22-16)6-8-17(21)19-10-9-12-11-20-15-4-2-1-3-14(12)15/h1-8,11,20H,9-10H2,(H,19,21). The first-order valence-corrected chi connectivity index (χ1v) is 8.18. The zero-order chi connectivity index (χ0) is 15.4. The van der Waals surface area contributed by atoms with Crippen molar-refractivity contribution >= 4 is 45.8 Å². The topological polar surface area (TPSA) is 44.9 Å². The van der Waals surface area contributed by atoms with Crippen molar-refractivity contribution in [3.8, 4) is 0 Å². The number of fused-ring (bicyclic) bond motifs is 1. The van der Waals surface area contributed by atoms with Crippen molar-refractivity contribution in [2.24, 2.45) is 0 Å². The lowest BCUT2D eigenvalue weighted by atomic mass is 10.1. The highest BCUT2D eigenvalue weighted by atomic mass is 35.5. The number of halogens is 1. The quantitative estimate of drug-likeness (QED) is 0.675. The average Bonchev–Trinajstić information content (AvgIpc) is 3.12. The van der Waals surface area contributed by atoms with Crippen LogP contribution in [0.4, 0.5) is 0 Å². The molecule has 22 heavy (non-hydrogen) atoms. The third-order valence-corrected chi connectivity index (χ3v) is 4.56. The molecule has 3 aromatic rings. The Kier molecular flexibility index (Phi) is 4.61. The minimum Gasteiger partial charge on any atom is -0.361 e.